The molecule has 2 saturated heterocycles. The van der Waals surface area contributed by atoms with Gasteiger partial charge in [-0.15, -0.1) is 0 Å². The number of rotatable bonds is 12. The average Bonchev–Trinajstić information content (AvgIpc) is 3.19. The summed E-state index contributed by atoms with van der Waals surface area (Å²) in [5.41, 5.74) is 2.10. The third kappa shape index (κ3) is 8.80. The van der Waals surface area contributed by atoms with Gasteiger partial charge < -0.3 is 65.5 Å². The zero-order valence-electron chi connectivity index (χ0n) is 23.2. The molecule has 0 saturated carbocycles. The Labute approximate surface area is 266 Å². The molecule has 2 aliphatic heterocycles. The molecule has 3 rings (SSSR count). The predicted molar refractivity (Wildman–Crippen MR) is 136 cm³/mol. The fraction of sp³-hybridized carbons (Fsp3) is 0.727. The summed E-state index contributed by atoms with van der Waals surface area (Å²) in [4.78, 5) is 41.9. The van der Waals surface area contributed by atoms with Crippen LogP contribution < -0.4 is 46.1 Å². The van der Waals surface area contributed by atoms with Gasteiger partial charge in [0, 0.05) is 12.6 Å². The summed E-state index contributed by atoms with van der Waals surface area (Å²) >= 11 is 0. The van der Waals surface area contributed by atoms with E-state index in [1.54, 1.807) is 0 Å². The molecule has 11 atom stereocenters. The number of aliphatic hydroxyl groups excluding tert-OH is 6. The second-order valence-corrected chi connectivity index (χ2v) is 12.0. The maximum atomic E-state index is 12.8. The van der Waals surface area contributed by atoms with Gasteiger partial charge in [-0.3, -0.25) is 14.1 Å². The van der Waals surface area contributed by atoms with Gasteiger partial charge >= 0.3 is 48.8 Å². The van der Waals surface area contributed by atoms with E-state index in [2.05, 4.69) is 9.98 Å². The first-order chi connectivity index (χ1) is 19.5. The van der Waals surface area contributed by atoms with Crippen molar-refractivity contribution in [3.63, 3.8) is 0 Å². The van der Waals surface area contributed by atoms with Crippen molar-refractivity contribution in [2.45, 2.75) is 80.4 Å². The Morgan fingerprint density at radius 3 is 2.56 bits per heavy atom. The minimum atomic E-state index is -4.70. The summed E-state index contributed by atoms with van der Waals surface area (Å²) in [5, 5.41) is 82.4. The van der Waals surface area contributed by atoms with Crippen molar-refractivity contribution in [3.8, 4) is 0 Å². The normalized spacial score (nSPS) is 34.1. The number of hydrogen-bond donors (Lipinski definition) is 9. The molecule has 2 fully saturated rings. The molecule has 21 heteroatoms. The van der Waals surface area contributed by atoms with Crippen LogP contribution in [-0.2, 0) is 23.4 Å². The van der Waals surface area contributed by atoms with Crippen molar-refractivity contribution in [1.82, 2.24) is 9.55 Å². The van der Waals surface area contributed by atoms with Crippen LogP contribution >= 0.6 is 7.60 Å². The molecule has 2 aliphatic rings. The second kappa shape index (κ2) is 15.2. The number of hydrogen-bond acceptors (Lipinski definition) is 16. The molecule has 1 unspecified atom stereocenters. The Morgan fingerprint density at radius 1 is 1.35 bits per heavy atom. The summed E-state index contributed by atoms with van der Waals surface area (Å²) in [6.45, 7) is -0.751. The summed E-state index contributed by atoms with van der Waals surface area (Å²) < 4.78 is 29.6. The molecular formula is C22H34N4NaO15P. The summed E-state index contributed by atoms with van der Waals surface area (Å²) in [5.74, 6) is -2.63. The molecule has 238 valence electrons. The minimum Gasteiger partial charge on any atom is -0.862 e. The number of ether oxygens (including phenoxy) is 2. The number of aliphatic imine (C=N–C) groups is 1. The Bertz CT molecular complexity index is 1250. The maximum Gasteiger partial charge on any atom is 1.00 e. The first-order valence-electron chi connectivity index (χ1n) is 12.6. The largest absolute Gasteiger partial charge is 1.00 e. The molecule has 0 aromatic carbocycles. The zero-order chi connectivity index (χ0) is 31.6. The van der Waals surface area contributed by atoms with Crippen molar-refractivity contribution < 1.29 is 98.7 Å². The van der Waals surface area contributed by atoms with E-state index >= 15 is 0 Å². The molecule has 19 nitrogen and oxygen atoms in total. The number of carboxylic acid groups (broad SMARTS) is 1. The number of aliphatic hydroxyl groups is 6. The third-order valence-electron chi connectivity index (χ3n) is 6.97. The van der Waals surface area contributed by atoms with E-state index in [-0.39, 0.29) is 35.4 Å². The number of aromatic nitrogens is 2. The van der Waals surface area contributed by atoms with E-state index in [9.17, 15) is 59.9 Å². The number of carboxylic acids is 1. The van der Waals surface area contributed by atoms with Crippen molar-refractivity contribution in [2.24, 2.45) is 4.99 Å². The molecule has 43 heavy (non-hydrogen) atoms. The van der Waals surface area contributed by atoms with Gasteiger partial charge in [-0.05, 0) is 25.3 Å². The number of aliphatic carboxylic acids is 1. The molecular weight excluding hydrogens is 614 g/mol. The molecule has 0 bridgehead atoms. The fourth-order valence-electron chi connectivity index (χ4n) is 4.72. The smallest absolute Gasteiger partial charge is 0.862 e. The summed E-state index contributed by atoms with van der Waals surface area (Å²) in [7, 11) is -4.70. The monoisotopic (exact) mass is 648 g/mol. The van der Waals surface area contributed by atoms with E-state index in [0.717, 1.165) is 17.7 Å². The Hall–Kier alpha value is -1.55. The molecule has 1 aromatic heterocycles. The molecule has 0 spiro atoms. The quantitative estimate of drug-likeness (QED) is 0.0440. The van der Waals surface area contributed by atoms with Crippen LogP contribution in [0, 0.1) is 0 Å². The van der Waals surface area contributed by atoms with Crippen LogP contribution in [0.5, 0.6) is 0 Å². The molecule has 0 amide bonds. The van der Waals surface area contributed by atoms with Gasteiger partial charge in [0.15, 0.2) is 11.8 Å². The van der Waals surface area contributed by atoms with Gasteiger partial charge in [0.25, 0.3) is 0 Å². The van der Waals surface area contributed by atoms with Crippen LogP contribution in [-0.4, -0.2) is 136 Å². The predicted octanol–water partition coefficient (Wildman–Crippen LogP) is -8.12. The van der Waals surface area contributed by atoms with Crippen molar-refractivity contribution in [1.29, 1.82) is 0 Å². The van der Waals surface area contributed by atoms with E-state index in [1.165, 1.54) is 6.07 Å². The standard InChI is InChI=1S/C22H35N4O15P.Na/c1-9(28)24-14-10(29)6-22(20(34)35,41-18(14)15(31)11(30)7-27)3-5-42(37,38)39-8-12-16(32)17(33)19(40-12)26-4-2-13(23)25-21(26)36;/h2,4,10-12,14-19,27,29-33H,3,5-8H2,1H3,(H,24,28)(H,34,35)(H,37,38)(H2,23,25,36);/q;+1/p-1/t10-,11+,12+,14+,15+,16+,17+,18+,19+,22-;/m0./s1. The van der Waals surface area contributed by atoms with E-state index in [4.69, 9.17) is 19.7 Å². The van der Waals surface area contributed by atoms with E-state index in [1.807, 2.05) is 0 Å². The van der Waals surface area contributed by atoms with Crippen molar-refractivity contribution in [2.75, 3.05) is 25.1 Å². The molecule has 10 N–H and O–H groups in total. The number of nitrogen functional groups attached to an aromatic ring is 1. The zero-order valence-corrected chi connectivity index (χ0v) is 26.1. The van der Waals surface area contributed by atoms with Crippen LogP contribution in [0.3, 0.4) is 0 Å². The van der Waals surface area contributed by atoms with E-state index < -0.39 is 118 Å². The van der Waals surface area contributed by atoms with Gasteiger partial charge in [-0.1, -0.05) is 0 Å². The Balaban J connectivity index is 0.00000645. The number of carbonyl (C=O) groups is 1. The summed E-state index contributed by atoms with van der Waals surface area (Å²) in [6, 6.07) is -0.296. The number of nitrogens with two attached hydrogens (primary N) is 1. The average molecular weight is 648 g/mol. The van der Waals surface area contributed by atoms with E-state index in [0.29, 0.717) is 0 Å². The first kappa shape index (κ1) is 37.6. The maximum absolute atomic E-state index is 12.8. The topological polar surface area (TPSA) is 320 Å². The SMILES string of the molecule is CC([O-])=N[C@H]1[C@H]([C@H](O)[C@H](O)CO)O[C@](CCP(=O)(O)OC[C@H]2O[C@@H](n3ccc(N)nc3=O)[C@H](O)[C@@H]2O)(C(=O)O)C[C@@H]1O.[Na+]. The van der Waals surface area contributed by atoms with Crippen LogP contribution in [0.4, 0.5) is 5.82 Å². The van der Waals surface area contributed by atoms with Gasteiger partial charge in [-0.25, -0.2) is 9.59 Å². The number of nitrogens with zero attached hydrogens (tertiary/aromatic N) is 3. The molecule has 3 heterocycles. The van der Waals surface area contributed by atoms with Gasteiger partial charge in [-0.2, -0.15) is 4.98 Å². The Morgan fingerprint density at radius 2 is 2.00 bits per heavy atom. The van der Waals surface area contributed by atoms with Gasteiger partial charge in [0.2, 0.25) is 0 Å². The van der Waals surface area contributed by atoms with Gasteiger partial charge in [0.05, 0.1) is 25.5 Å². The van der Waals surface area contributed by atoms with Crippen LogP contribution in [0.25, 0.3) is 0 Å². The van der Waals surface area contributed by atoms with Crippen LogP contribution in [0.1, 0.15) is 26.0 Å². The van der Waals surface area contributed by atoms with Gasteiger partial charge in [0.1, 0.15) is 48.5 Å². The van der Waals surface area contributed by atoms with Crippen LogP contribution in [0.2, 0.25) is 0 Å². The molecule has 1 aromatic rings. The van der Waals surface area contributed by atoms with Crippen molar-refractivity contribution in [3.05, 3.63) is 22.7 Å². The third-order valence-corrected chi connectivity index (χ3v) is 8.31. The minimum absolute atomic E-state index is 0. The van der Waals surface area contributed by atoms with Crippen LogP contribution in [0.15, 0.2) is 22.1 Å². The molecule has 0 aliphatic carbocycles. The fourth-order valence-corrected chi connectivity index (χ4v) is 5.87. The first-order valence-corrected chi connectivity index (χ1v) is 14.4. The molecule has 0 radical (unpaired) electrons. The number of anilines is 1. The Kier molecular flexibility index (Phi) is 13.3. The summed E-state index contributed by atoms with van der Waals surface area (Å²) in [6.07, 6.45) is -14.9. The van der Waals surface area contributed by atoms with Crippen molar-refractivity contribution >= 4 is 25.3 Å². The second-order valence-electron chi connectivity index (χ2n) is 10.0.